The molecule has 0 atom stereocenters. The van der Waals surface area contributed by atoms with Crippen molar-refractivity contribution in [3.05, 3.63) is 48.0 Å². The van der Waals surface area contributed by atoms with Crippen LogP contribution in [-0.2, 0) is 14.3 Å². The monoisotopic (exact) mass is 264 g/mol. The first-order valence-electron chi connectivity index (χ1n) is 5.66. The third-order valence-electron chi connectivity index (χ3n) is 2.11. The summed E-state index contributed by atoms with van der Waals surface area (Å²) >= 11 is 5.12. The molecule has 1 aromatic carbocycles. The summed E-state index contributed by atoms with van der Waals surface area (Å²) in [6, 6.07) is 9.51. The van der Waals surface area contributed by atoms with Crippen LogP contribution in [0.4, 0.5) is 0 Å². The zero-order chi connectivity index (χ0) is 13.4. The van der Waals surface area contributed by atoms with Crippen molar-refractivity contribution in [1.82, 2.24) is 0 Å². The lowest BCUT2D eigenvalue weighted by Gasteiger charge is -2.08. The van der Waals surface area contributed by atoms with Crippen molar-refractivity contribution in [3.63, 3.8) is 0 Å². The summed E-state index contributed by atoms with van der Waals surface area (Å²) in [5.41, 5.74) is 1.28. The molecule has 1 aromatic rings. The van der Waals surface area contributed by atoms with E-state index in [0.29, 0.717) is 30.3 Å². The quantitative estimate of drug-likeness (QED) is 0.342. The molecule has 0 aromatic heterocycles. The van der Waals surface area contributed by atoms with Gasteiger partial charge in [0.15, 0.2) is 5.05 Å². The number of benzene rings is 1. The molecule has 0 spiro atoms. The van der Waals surface area contributed by atoms with Crippen LogP contribution < -0.4 is 0 Å². The van der Waals surface area contributed by atoms with Gasteiger partial charge in [-0.2, -0.15) is 0 Å². The SMILES string of the molecule is C=C(C)C(=O)OCCCOC(=S)c1ccccc1. The lowest BCUT2D eigenvalue weighted by Crippen LogP contribution is -2.10. The van der Waals surface area contributed by atoms with Gasteiger partial charge in [0.25, 0.3) is 0 Å². The highest BCUT2D eigenvalue weighted by Crippen LogP contribution is 2.03. The smallest absolute Gasteiger partial charge is 0.333 e. The van der Waals surface area contributed by atoms with Gasteiger partial charge in [-0.05, 0) is 19.1 Å². The Morgan fingerprint density at radius 3 is 2.44 bits per heavy atom. The van der Waals surface area contributed by atoms with Crippen molar-refractivity contribution in [2.45, 2.75) is 13.3 Å². The van der Waals surface area contributed by atoms with E-state index < -0.39 is 0 Å². The number of hydrogen-bond acceptors (Lipinski definition) is 4. The van der Waals surface area contributed by atoms with Crippen LogP contribution in [0, 0.1) is 0 Å². The molecule has 96 valence electrons. The van der Waals surface area contributed by atoms with Crippen molar-refractivity contribution in [2.75, 3.05) is 13.2 Å². The minimum Gasteiger partial charge on any atom is -0.483 e. The summed E-state index contributed by atoms with van der Waals surface area (Å²) < 4.78 is 10.3. The molecule has 1 rings (SSSR count). The molecule has 0 aliphatic rings. The van der Waals surface area contributed by atoms with Crippen LogP contribution in [0.1, 0.15) is 18.9 Å². The van der Waals surface area contributed by atoms with Crippen molar-refractivity contribution in [2.24, 2.45) is 0 Å². The summed E-state index contributed by atoms with van der Waals surface area (Å²) in [4.78, 5) is 11.1. The van der Waals surface area contributed by atoms with E-state index in [4.69, 9.17) is 21.7 Å². The van der Waals surface area contributed by atoms with Gasteiger partial charge < -0.3 is 9.47 Å². The average Bonchev–Trinajstić information content (AvgIpc) is 2.38. The summed E-state index contributed by atoms with van der Waals surface area (Å²) in [6.45, 7) is 5.85. The topological polar surface area (TPSA) is 35.5 Å². The van der Waals surface area contributed by atoms with E-state index >= 15 is 0 Å². The number of esters is 1. The Kier molecular flexibility index (Phi) is 6.08. The maximum absolute atomic E-state index is 11.1. The van der Waals surface area contributed by atoms with Gasteiger partial charge in [0.05, 0.1) is 13.2 Å². The minimum atomic E-state index is -0.374. The predicted molar refractivity (Wildman–Crippen MR) is 74.5 cm³/mol. The fourth-order valence-electron chi connectivity index (χ4n) is 1.17. The summed E-state index contributed by atoms with van der Waals surface area (Å²) in [7, 11) is 0. The molecule has 4 heteroatoms. The zero-order valence-corrected chi connectivity index (χ0v) is 11.2. The number of ether oxygens (including phenoxy) is 2. The molecule has 0 N–H and O–H groups in total. The highest BCUT2D eigenvalue weighted by molar-refractivity contribution is 7.80. The third kappa shape index (κ3) is 5.10. The van der Waals surface area contributed by atoms with Crippen LogP contribution in [0.25, 0.3) is 0 Å². The Balaban J connectivity index is 2.17. The fourth-order valence-corrected chi connectivity index (χ4v) is 1.39. The van der Waals surface area contributed by atoms with Crippen molar-refractivity contribution < 1.29 is 14.3 Å². The first-order valence-corrected chi connectivity index (χ1v) is 6.07. The van der Waals surface area contributed by atoms with Gasteiger partial charge in [-0.15, -0.1) is 0 Å². The number of thiocarbonyl (C=S) groups is 1. The standard InChI is InChI=1S/C14H16O3S/c1-11(2)13(15)16-9-6-10-17-14(18)12-7-4-3-5-8-12/h3-5,7-8H,1,6,9-10H2,2H3. The number of carbonyl (C=O) groups is 1. The van der Waals surface area contributed by atoms with Crippen LogP contribution >= 0.6 is 12.2 Å². The third-order valence-corrected chi connectivity index (χ3v) is 2.47. The average molecular weight is 264 g/mol. The predicted octanol–water partition coefficient (Wildman–Crippen LogP) is 2.89. The molecule has 0 saturated heterocycles. The molecular formula is C14H16O3S. The molecule has 0 aliphatic heterocycles. The van der Waals surface area contributed by atoms with E-state index in [9.17, 15) is 4.79 Å². The summed E-state index contributed by atoms with van der Waals surface area (Å²) in [6.07, 6.45) is 0.603. The lowest BCUT2D eigenvalue weighted by atomic mass is 10.2. The summed E-state index contributed by atoms with van der Waals surface area (Å²) in [5, 5.41) is 0.460. The van der Waals surface area contributed by atoms with Crippen LogP contribution in [0.2, 0.25) is 0 Å². The Morgan fingerprint density at radius 2 is 1.83 bits per heavy atom. The first kappa shape index (κ1) is 14.4. The van der Waals surface area contributed by atoms with Crippen molar-refractivity contribution >= 4 is 23.2 Å². The van der Waals surface area contributed by atoms with Crippen LogP contribution in [0.5, 0.6) is 0 Å². The lowest BCUT2D eigenvalue weighted by molar-refractivity contribution is -0.139. The molecule has 0 fully saturated rings. The number of hydrogen-bond donors (Lipinski definition) is 0. The van der Waals surface area contributed by atoms with Gasteiger partial charge in [-0.3, -0.25) is 0 Å². The van der Waals surface area contributed by atoms with E-state index in [1.165, 1.54) is 0 Å². The normalized spacial score (nSPS) is 9.61. The molecule has 3 nitrogen and oxygen atoms in total. The Morgan fingerprint density at radius 1 is 1.22 bits per heavy atom. The Hall–Kier alpha value is -1.68. The highest BCUT2D eigenvalue weighted by atomic mass is 32.1. The molecule has 0 saturated carbocycles. The van der Waals surface area contributed by atoms with Gasteiger partial charge in [0, 0.05) is 17.6 Å². The largest absolute Gasteiger partial charge is 0.483 e. The van der Waals surface area contributed by atoms with Crippen LogP contribution in [-0.4, -0.2) is 24.2 Å². The molecule has 0 radical (unpaired) electrons. The second-order valence-electron chi connectivity index (χ2n) is 3.77. The number of carbonyl (C=O) groups excluding carboxylic acids is 1. The van der Waals surface area contributed by atoms with E-state index in [1.807, 2.05) is 30.3 Å². The first-order chi connectivity index (χ1) is 8.61. The van der Waals surface area contributed by atoms with Crippen molar-refractivity contribution in [3.8, 4) is 0 Å². The van der Waals surface area contributed by atoms with Gasteiger partial charge in [0.2, 0.25) is 0 Å². The van der Waals surface area contributed by atoms with Gasteiger partial charge in [0.1, 0.15) is 0 Å². The molecule has 0 unspecified atom stereocenters. The second-order valence-corrected chi connectivity index (χ2v) is 4.14. The molecule has 0 heterocycles. The van der Waals surface area contributed by atoms with Crippen molar-refractivity contribution in [1.29, 1.82) is 0 Å². The Bertz CT molecular complexity index is 426. The maximum Gasteiger partial charge on any atom is 0.333 e. The van der Waals surface area contributed by atoms with E-state index in [2.05, 4.69) is 6.58 Å². The highest BCUT2D eigenvalue weighted by Gasteiger charge is 2.03. The molecule has 0 amide bonds. The van der Waals surface area contributed by atoms with E-state index in [1.54, 1.807) is 6.92 Å². The molecule has 0 bridgehead atoms. The van der Waals surface area contributed by atoms with E-state index in [-0.39, 0.29) is 5.97 Å². The van der Waals surface area contributed by atoms with Gasteiger partial charge >= 0.3 is 5.97 Å². The van der Waals surface area contributed by atoms with E-state index in [0.717, 1.165) is 5.56 Å². The molecule has 18 heavy (non-hydrogen) atoms. The fraction of sp³-hybridized carbons (Fsp3) is 0.286. The maximum atomic E-state index is 11.1. The van der Waals surface area contributed by atoms with Gasteiger partial charge in [-0.25, -0.2) is 4.79 Å². The van der Waals surface area contributed by atoms with Crippen LogP contribution in [0.3, 0.4) is 0 Å². The molecule has 0 aliphatic carbocycles. The second kappa shape index (κ2) is 7.61. The minimum absolute atomic E-state index is 0.309. The Labute approximate surface area is 112 Å². The van der Waals surface area contributed by atoms with Gasteiger partial charge in [-0.1, -0.05) is 36.9 Å². The summed E-state index contributed by atoms with van der Waals surface area (Å²) in [5.74, 6) is -0.374. The molecular weight excluding hydrogens is 248 g/mol. The van der Waals surface area contributed by atoms with Crippen LogP contribution in [0.15, 0.2) is 42.5 Å². The zero-order valence-electron chi connectivity index (χ0n) is 10.3. The number of rotatable bonds is 6.